The molecule has 0 fully saturated rings. The van der Waals surface area contributed by atoms with Gasteiger partial charge in [0.15, 0.2) is 0 Å². The van der Waals surface area contributed by atoms with Gasteiger partial charge in [-0.25, -0.2) is 0 Å². The lowest BCUT2D eigenvalue weighted by molar-refractivity contribution is 1.35. The van der Waals surface area contributed by atoms with E-state index in [9.17, 15) is 0 Å². The summed E-state index contributed by atoms with van der Waals surface area (Å²) in [4.78, 5) is 4.02. The summed E-state index contributed by atoms with van der Waals surface area (Å²) in [7, 11) is 0. The lowest BCUT2D eigenvalue weighted by atomic mass is 10.6. The third-order valence-corrected chi connectivity index (χ3v) is 1.78. The Balaban J connectivity index is 3.43. The third-order valence-electron chi connectivity index (χ3n) is 0.835. The zero-order valence-corrected chi connectivity index (χ0v) is 7.16. The first-order valence-corrected chi connectivity index (χ1v) is 4.37. The Kier molecular flexibility index (Phi) is 6.29. The van der Waals surface area contributed by atoms with E-state index >= 15 is 0 Å². The molecule has 56 valence electrons. The van der Waals surface area contributed by atoms with Gasteiger partial charge in [0.25, 0.3) is 0 Å². The minimum absolute atomic E-state index is 0.909. The maximum Gasteiger partial charge on any atom is 0.0430 e. The second-order valence-corrected chi connectivity index (χ2v) is 2.99. The van der Waals surface area contributed by atoms with Crippen LogP contribution in [0.25, 0.3) is 0 Å². The molecule has 0 bridgehead atoms. The summed E-state index contributed by atoms with van der Waals surface area (Å²) < 4.78 is 0. The molecule has 0 rings (SSSR count). The molecule has 0 aromatic carbocycles. The summed E-state index contributed by atoms with van der Waals surface area (Å²) in [5, 5.41) is 0. The fourth-order valence-corrected chi connectivity index (χ4v) is 0.930. The molecule has 0 radical (unpaired) electrons. The average molecular weight is 155 g/mol. The maximum absolute atomic E-state index is 4.02. The van der Waals surface area contributed by atoms with Crippen LogP contribution in [0.15, 0.2) is 29.9 Å². The van der Waals surface area contributed by atoms with Crippen molar-refractivity contribution >= 4 is 18.0 Å². The van der Waals surface area contributed by atoms with E-state index in [-0.39, 0.29) is 0 Å². The highest BCUT2D eigenvalue weighted by Crippen LogP contribution is 2.05. The van der Waals surface area contributed by atoms with Crippen molar-refractivity contribution in [2.45, 2.75) is 6.92 Å². The molecule has 0 saturated carbocycles. The molecule has 0 aliphatic heterocycles. The Labute approximate surface area is 66.9 Å². The predicted molar refractivity (Wildman–Crippen MR) is 50.8 cm³/mol. The molecule has 0 aromatic rings. The number of thioether (sulfide) groups is 1. The van der Waals surface area contributed by atoms with Crippen LogP contribution >= 0.6 is 11.8 Å². The molecular formula is C8H13NS. The summed E-state index contributed by atoms with van der Waals surface area (Å²) >= 11 is 1.82. The molecule has 0 aliphatic rings. The number of hydrogen-bond acceptors (Lipinski definition) is 2. The second-order valence-electron chi connectivity index (χ2n) is 1.72. The van der Waals surface area contributed by atoms with Crippen LogP contribution in [-0.4, -0.2) is 17.7 Å². The SMILES string of the molecule is C=CC=NC(=C)CSCC. The maximum atomic E-state index is 4.02. The molecule has 10 heavy (non-hydrogen) atoms. The van der Waals surface area contributed by atoms with E-state index in [1.54, 1.807) is 12.3 Å². The number of nitrogens with zero attached hydrogens (tertiary/aromatic N) is 1. The minimum Gasteiger partial charge on any atom is -0.261 e. The Bertz CT molecular complexity index is 138. The fourth-order valence-electron chi connectivity index (χ4n) is 0.415. The average Bonchev–Trinajstić information content (AvgIpc) is 1.97. The van der Waals surface area contributed by atoms with E-state index in [2.05, 4.69) is 25.1 Å². The number of allylic oxidation sites excluding steroid dienone is 1. The van der Waals surface area contributed by atoms with E-state index in [0.717, 1.165) is 17.2 Å². The van der Waals surface area contributed by atoms with Gasteiger partial charge in [0.2, 0.25) is 0 Å². The van der Waals surface area contributed by atoms with Gasteiger partial charge in [-0.3, -0.25) is 4.99 Å². The number of rotatable bonds is 5. The van der Waals surface area contributed by atoms with Crippen molar-refractivity contribution in [2.75, 3.05) is 11.5 Å². The van der Waals surface area contributed by atoms with Gasteiger partial charge in [-0.1, -0.05) is 26.2 Å². The Morgan fingerprint density at radius 1 is 1.70 bits per heavy atom. The fraction of sp³-hybridized carbons (Fsp3) is 0.375. The van der Waals surface area contributed by atoms with Gasteiger partial charge in [-0.2, -0.15) is 11.8 Å². The van der Waals surface area contributed by atoms with Crippen molar-refractivity contribution in [2.24, 2.45) is 4.99 Å². The van der Waals surface area contributed by atoms with Crippen molar-refractivity contribution in [3.8, 4) is 0 Å². The summed E-state index contributed by atoms with van der Waals surface area (Å²) in [6.07, 6.45) is 3.32. The van der Waals surface area contributed by atoms with Crippen molar-refractivity contribution < 1.29 is 0 Å². The lowest BCUT2D eigenvalue weighted by Crippen LogP contribution is -1.81. The summed E-state index contributed by atoms with van der Waals surface area (Å²) in [6, 6.07) is 0. The van der Waals surface area contributed by atoms with Crippen LogP contribution in [-0.2, 0) is 0 Å². The Morgan fingerprint density at radius 2 is 2.40 bits per heavy atom. The minimum atomic E-state index is 0.909. The molecular weight excluding hydrogens is 142 g/mol. The van der Waals surface area contributed by atoms with Gasteiger partial charge in [-0.15, -0.1) is 0 Å². The molecule has 0 spiro atoms. The molecule has 1 nitrogen and oxygen atoms in total. The van der Waals surface area contributed by atoms with Crippen molar-refractivity contribution in [3.63, 3.8) is 0 Å². The third kappa shape index (κ3) is 5.63. The number of aliphatic imine (C=N–C) groups is 1. The van der Waals surface area contributed by atoms with Gasteiger partial charge in [0, 0.05) is 17.7 Å². The zero-order chi connectivity index (χ0) is 7.82. The predicted octanol–water partition coefficient (Wildman–Crippen LogP) is 2.51. The molecule has 0 heterocycles. The first kappa shape index (κ1) is 9.50. The van der Waals surface area contributed by atoms with E-state index in [0.29, 0.717) is 0 Å². The van der Waals surface area contributed by atoms with Crippen molar-refractivity contribution in [1.29, 1.82) is 0 Å². The van der Waals surface area contributed by atoms with E-state index < -0.39 is 0 Å². The Hall–Kier alpha value is -0.500. The van der Waals surface area contributed by atoms with Gasteiger partial charge in [-0.05, 0) is 5.75 Å². The number of hydrogen-bond donors (Lipinski definition) is 0. The van der Waals surface area contributed by atoms with Crippen molar-refractivity contribution in [1.82, 2.24) is 0 Å². The molecule has 0 saturated heterocycles. The van der Waals surface area contributed by atoms with E-state index in [4.69, 9.17) is 0 Å². The molecule has 0 aromatic heterocycles. The highest BCUT2D eigenvalue weighted by molar-refractivity contribution is 7.99. The molecule has 0 amide bonds. The topological polar surface area (TPSA) is 12.4 Å². The van der Waals surface area contributed by atoms with E-state index in [1.807, 2.05) is 11.8 Å². The van der Waals surface area contributed by atoms with E-state index in [1.165, 1.54) is 0 Å². The molecule has 0 unspecified atom stereocenters. The quantitative estimate of drug-likeness (QED) is 0.556. The van der Waals surface area contributed by atoms with Crippen molar-refractivity contribution in [3.05, 3.63) is 24.9 Å². The van der Waals surface area contributed by atoms with Crippen LogP contribution < -0.4 is 0 Å². The highest BCUT2D eigenvalue weighted by atomic mass is 32.2. The van der Waals surface area contributed by atoms with Crippen LogP contribution in [0, 0.1) is 0 Å². The van der Waals surface area contributed by atoms with Gasteiger partial charge >= 0.3 is 0 Å². The van der Waals surface area contributed by atoms with Crippen LogP contribution in [0.4, 0.5) is 0 Å². The summed E-state index contributed by atoms with van der Waals surface area (Å²) in [5.41, 5.74) is 0.909. The normalized spacial score (nSPS) is 10.1. The van der Waals surface area contributed by atoms with Gasteiger partial charge < -0.3 is 0 Å². The first-order valence-electron chi connectivity index (χ1n) is 3.21. The van der Waals surface area contributed by atoms with Crippen LogP contribution in [0.3, 0.4) is 0 Å². The largest absolute Gasteiger partial charge is 0.261 e. The second kappa shape index (κ2) is 6.62. The molecule has 0 aliphatic carbocycles. The smallest absolute Gasteiger partial charge is 0.0430 e. The Morgan fingerprint density at radius 3 is 2.90 bits per heavy atom. The standard InChI is InChI=1S/C8H13NS/c1-4-6-9-8(3)7-10-5-2/h4,6H,1,3,5,7H2,2H3. The molecule has 0 N–H and O–H groups in total. The monoisotopic (exact) mass is 155 g/mol. The highest BCUT2D eigenvalue weighted by Gasteiger charge is 1.86. The van der Waals surface area contributed by atoms with Gasteiger partial charge in [0.05, 0.1) is 0 Å². The van der Waals surface area contributed by atoms with Crippen LogP contribution in [0.1, 0.15) is 6.92 Å². The molecule has 2 heteroatoms. The first-order chi connectivity index (χ1) is 4.81. The zero-order valence-electron chi connectivity index (χ0n) is 6.34. The molecule has 0 atom stereocenters. The lowest BCUT2D eigenvalue weighted by Gasteiger charge is -1.94. The summed E-state index contributed by atoms with van der Waals surface area (Å²) in [5.74, 6) is 2.03. The van der Waals surface area contributed by atoms with Crippen LogP contribution in [0.2, 0.25) is 0 Å². The van der Waals surface area contributed by atoms with Gasteiger partial charge in [0.1, 0.15) is 0 Å². The summed E-state index contributed by atoms with van der Waals surface area (Å²) in [6.45, 7) is 9.40. The van der Waals surface area contributed by atoms with Crippen LogP contribution in [0.5, 0.6) is 0 Å².